The Balaban J connectivity index is 1.41. The molecule has 1 aromatic carbocycles. The molecule has 2 aromatic rings. The number of carbonyl (C=O) groups is 1. The number of rotatable bonds is 7. The fraction of sp³-hybridized carbons (Fsp3) is 0.556. The second kappa shape index (κ2) is 6.78. The molecule has 0 bridgehead atoms. The molecule has 132 valence electrons. The Hall–Kier alpha value is -1.89. The van der Waals surface area contributed by atoms with Crippen LogP contribution in [-0.2, 0) is 4.79 Å². The van der Waals surface area contributed by atoms with Crippen LogP contribution in [0.15, 0.2) is 23.4 Å². The van der Waals surface area contributed by atoms with Crippen LogP contribution in [0.5, 0.6) is 0 Å². The summed E-state index contributed by atoms with van der Waals surface area (Å²) in [6, 6.07) is 6.46. The molecule has 1 N–H and O–H groups in total. The van der Waals surface area contributed by atoms with Crippen LogP contribution in [0, 0.1) is 25.7 Å². The molecule has 4 rings (SSSR count). The van der Waals surface area contributed by atoms with E-state index in [2.05, 4.69) is 40.8 Å². The maximum absolute atomic E-state index is 12.4. The smallest absolute Gasteiger partial charge is 0.230 e. The van der Waals surface area contributed by atoms with Crippen molar-refractivity contribution < 1.29 is 4.79 Å². The number of carbonyl (C=O) groups excluding carboxylic acids is 1. The minimum atomic E-state index is 0.0873. The minimum Gasteiger partial charge on any atom is -0.352 e. The number of aryl methyl sites for hydroxylation is 1. The predicted octanol–water partition coefficient (Wildman–Crippen LogP) is 2.68. The summed E-state index contributed by atoms with van der Waals surface area (Å²) >= 11 is 1.39. The third-order valence-electron chi connectivity index (χ3n) is 5.16. The molecule has 0 aliphatic heterocycles. The van der Waals surface area contributed by atoms with Crippen molar-refractivity contribution in [2.24, 2.45) is 11.8 Å². The number of tetrazole rings is 1. The summed E-state index contributed by atoms with van der Waals surface area (Å²) in [5, 5.41) is 15.9. The molecule has 25 heavy (non-hydrogen) atoms. The van der Waals surface area contributed by atoms with Gasteiger partial charge >= 0.3 is 0 Å². The minimum absolute atomic E-state index is 0.0873. The van der Waals surface area contributed by atoms with Crippen molar-refractivity contribution in [2.45, 2.75) is 50.7 Å². The average molecular weight is 357 g/mol. The van der Waals surface area contributed by atoms with Crippen LogP contribution in [0.1, 0.15) is 36.8 Å². The molecule has 0 radical (unpaired) electrons. The molecule has 7 heteroatoms. The van der Waals surface area contributed by atoms with Gasteiger partial charge in [0.1, 0.15) is 0 Å². The summed E-state index contributed by atoms with van der Waals surface area (Å²) in [6.07, 6.45) is 5.05. The fourth-order valence-corrected chi connectivity index (χ4v) is 3.97. The molecule has 1 aromatic heterocycles. The van der Waals surface area contributed by atoms with Crippen LogP contribution in [-0.4, -0.2) is 37.9 Å². The highest BCUT2D eigenvalue weighted by Gasteiger charge is 2.42. The van der Waals surface area contributed by atoms with Gasteiger partial charge in [0.15, 0.2) is 0 Å². The van der Waals surface area contributed by atoms with E-state index in [0.29, 0.717) is 28.8 Å². The van der Waals surface area contributed by atoms with E-state index < -0.39 is 0 Å². The van der Waals surface area contributed by atoms with Gasteiger partial charge in [-0.15, -0.1) is 5.10 Å². The fourth-order valence-electron chi connectivity index (χ4n) is 3.27. The van der Waals surface area contributed by atoms with Gasteiger partial charge in [-0.3, -0.25) is 4.79 Å². The van der Waals surface area contributed by atoms with Gasteiger partial charge in [-0.25, -0.2) is 0 Å². The Morgan fingerprint density at radius 2 is 2.00 bits per heavy atom. The van der Waals surface area contributed by atoms with E-state index in [1.807, 2.05) is 12.1 Å². The van der Waals surface area contributed by atoms with E-state index in [9.17, 15) is 4.79 Å². The van der Waals surface area contributed by atoms with Crippen LogP contribution in [0.4, 0.5) is 0 Å². The van der Waals surface area contributed by atoms with Crippen molar-refractivity contribution in [2.75, 3.05) is 5.75 Å². The van der Waals surface area contributed by atoms with E-state index in [-0.39, 0.29) is 5.91 Å². The molecular weight excluding hydrogens is 334 g/mol. The largest absolute Gasteiger partial charge is 0.352 e. The number of amides is 1. The van der Waals surface area contributed by atoms with Gasteiger partial charge in [0.2, 0.25) is 11.1 Å². The van der Waals surface area contributed by atoms with Crippen LogP contribution in [0.3, 0.4) is 0 Å². The summed E-state index contributed by atoms with van der Waals surface area (Å²) in [5.74, 6) is 1.86. The summed E-state index contributed by atoms with van der Waals surface area (Å²) in [5.41, 5.74) is 3.30. The molecule has 2 aliphatic carbocycles. The van der Waals surface area contributed by atoms with Crippen molar-refractivity contribution in [3.8, 4) is 5.69 Å². The van der Waals surface area contributed by atoms with E-state index in [4.69, 9.17) is 0 Å². The summed E-state index contributed by atoms with van der Waals surface area (Å²) in [4.78, 5) is 12.4. The monoisotopic (exact) mass is 357 g/mol. The molecular formula is C18H23N5OS. The van der Waals surface area contributed by atoms with E-state index in [1.165, 1.54) is 43.0 Å². The van der Waals surface area contributed by atoms with E-state index in [0.717, 1.165) is 11.3 Å². The number of nitrogens with zero attached hydrogens (tertiary/aromatic N) is 4. The molecule has 2 saturated carbocycles. The van der Waals surface area contributed by atoms with Crippen LogP contribution >= 0.6 is 11.8 Å². The lowest BCUT2D eigenvalue weighted by Crippen LogP contribution is -2.39. The lowest BCUT2D eigenvalue weighted by atomic mass is 10.1. The molecule has 0 saturated heterocycles. The predicted molar refractivity (Wildman–Crippen MR) is 96.7 cm³/mol. The molecule has 0 atom stereocenters. The normalized spacial score (nSPS) is 17.1. The van der Waals surface area contributed by atoms with Gasteiger partial charge in [0, 0.05) is 6.04 Å². The average Bonchev–Trinajstić information content (AvgIpc) is 3.52. The number of hydrogen-bond donors (Lipinski definition) is 1. The van der Waals surface area contributed by atoms with Crippen molar-refractivity contribution in [3.63, 3.8) is 0 Å². The molecule has 0 unspecified atom stereocenters. The summed E-state index contributed by atoms with van der Waals surface area (Å²) in [7, 11) is 0. The van der Waals surface area contributed by atoms with E-state index in [1.54, 1.807) is 4.68 Å². The number of benzene rings is 1. The summed E-state index contributed by atoms with van der Waals surface area (Å²) < 4.78 is 1.72. The molecule has 6 nitrogen and oxygen atoms in total. The second-order valence-electron chi connectivity index (χ2n) is 7.15. The van der Waals surface area contributed by atoms with Gasteiger partial charge in [-0.1, -0.05) is 23.9 Å². The first-order valence-electron chi connectivity index (χ1n) is 8.90. The van der Waals surface area contributed by atoms with E-state index >= 15 is 0 Å². The Labute approximate surface area is 151 Å². The van der Waals surface area contributed by atoms with Crippen molar-refractivity contribution in [1.29, 1.82) is 0 Å². The first-order valence-corrected chi connectivity index (χ1v) is 9.89. The maximum Gasteiger partial charge on any atom is 0.230 e. The van der Waals surface area contributed by atoms with Gasteiger partial charge in [-0.05, 0) is 79.0 Å². The number of aromatic nitrogens is 4. The number of nitrogens with one attached hydrogen (secondary N) is 1. The highest BCUT2D eigenvalue weighted by atomic mass is 32.2. The molecule has 1 heterocycles. The summed E-state index contributed by atoms with van der Waals surface area (Å²) in [6.45, 7) is 4.13. The Morgan fingerprint density at radius 3 is 2.68 bits per heavy atom. The second-order valence-corrected chi connectivity index (χ2v) is 8.09. The molecule has 1 amide bonds. The molecule has 0 spiro atoms. The van der Waals surface area contributed by atoms with Gasteiger partial charge in [0.25, 0.3) is 0 Å². The van der Waals surface area contributed by atoms with Crippen LogP contribution in [0.2, 0.25) is 0 Å². The Morgan fingerprint density at radius 1 is 1.28 bits per heavy atom. The van der Waals surface area contributed by atoms with Gasteiger partial charge in [0.05, 0.1) is 11.4 Å². The van der Waals surface area contributed by atoms with Crippen LogP contribution in [0.25, 0.3) is 5.69 Å². The third-order valence-corrected chi connectivity index (χ3v) is 6.08. The quantitative estimate of drug-likeness (QED) is 0.771. The van der Waals surface area contributed by atoms with Crippen LogP contribution < -0.4 is 5.32 Å². The standard InChI is InChI=1S/C18H23N5OS/c1-11-4-3-5-15(12(11)2)23-18(20-21-22-23)25-10-16(24)19-17(13-6-7-13)14-8-9-14/h3-5,13-14,17H,6-10H2,1-2H3,(H,19,24). The highest BCUT2D eigenvalue weighted by Crippen LogP contribution is 2.44. The topological polar surface area (TPSA) is 72.7 Å². The highest BCUT2D eigenvalue weighted by molar-refractivity contribution is 7.99. The lowest BCUT2D eigenvalue weighted by molar-refractivity contribution is -0.119. The maximum atomic E-state index is 12.4. The zero-order chi connectivity index (χ0) is 17.4. The van der Waals surface area contributed by atoms with Crippen molar-refractivity contribution >= 4 is 17.7 Å². The zero-order valence-corrected chi connectivity index (χ0v) is 15.4. The lowest BCUT2D eigenvalue weighted by Gasteiger charge is -2.17. The number of thioether (sulfide) groups is 1. The zero-order valence-electron chi connectivity index (χ0n) is 14.6. The number of hydrogen-bond acceptors (Lipinski definition) is 5. The first kappa shape index (κ1) is 16.6. The SMILES string of the molecule is Cc1cccc(-n2nnnc2SCC(=O)NC(C2CC2)C2CC2)c1C. The Kier molecular flexibility index (Phi) is 4.50. The third kappa shape index (κ3) is 3.71. The first-order chi connectivity index (χ1) is 12.1. The van der Waals surface area contributed by atoms with Gasteiger partial charge < -0.3 is 5.32 Å². The molecule has 2 aliphatic rings. The van der Waals surface area contributed by atoms with Crippen molar-refractivity contribution in [1.82, 2.24) is 25.5 Å². The Bertz CT molecular complexity index is 770. The van der Waals surface area contributed by atoms with Crippen molar-refractivity contribution in [3.05, 3.63) is 29.3 Å². The molecule has 2 fully saturated rings. The van der Waals surface area contributed by atoms with Gasteiger partial charge in [-0.2, -0.15) is 4.68 Å².